The normalized spacial score (nSPS) is 13.0. The quantitative estimate of drug-likeness (QED) is 0.440. The number of carbonyl (C=O) groups is 3. The van der Waals surface area contributed by atoms with Crippen molar-refractivity contribution >= 4 is 23.4 Å². The van der Waals surface area contributed by atoms with Crippen molar-refractivity contribution in [3.63, 3.8) is 0 Å². The lowest BCUT2D eigenvalue weighted by molar-refractivity contribution is -0.384. The first-order valence-electron chi connectivity index (χ1n) is 9.28. The van der Waals surface area contributed by atoms with Gasteiger partial charge in [-0.3, -0.25) is 29.4 Å². The first-order valence-corrected chi connectivity index (χ1v) is 9.28. The van der Waals surface area contributed by atoms with E-state index in [1.165, 1.54) is 11.6 Å². The van der Waals surface area contributed by atoms with E-state index in [0.717, 1.165) is 22.6 Å². The molecule has 150 valence electrons. The maximum Gasteiger partial charge on any atom is 0.270 e. The van der Waals surface area contributed by atoms with Crippen LogP contribution in [0.5, 0.6) is 0 Å². The van der Waals surface area contributed by atoms with Crippen LogP contribution in [0.3, 0.4) is 0 Å². The van der Waals surface area contributed by atoms with Crippen LogP contribution in [0.2, 0.25) is 0 Å². The molecule has 8 heteroatoms. The van der Waals surface area contributed by atoms with E-state index in [2.05, 4.69) is 31.3 Å². The van der Waals surface area contributed by atoms with Crippen molar-refractivity contribution in [1.82, 2.24) is 10.2 Å². The third-order valence-electron chi connectivity index (χ3n) is 4.85. The van der Waals surface area contributed by atoms with E-state index in [1.54, 1.807) is 0 Å². The van der Waals surface area contributed by atoms with E-state index < -0.39 is 29.2 Å². The molecule has 0 unspecified atom stereocenters. The van der Waals surface area contributed by atoms with Gasteiger partial charge in [0, 0.05) is 18.7 Å². The number of imide groups is 1. The predicted octanol–water partition coefficient (Wildman–Crippen LogP) is 2.67. The number of nitro groups is 1. The Labute approximate surface area is 167 Å². The number of hydrogen-bond acceptors (Lipinski definition) is 5. The molecule has 3 amide bonds. The molecule has 0 saturated carbocycles. The summed E-state index contributed by atoms with van der Waals surface area (Å²) in [5.41, 5.74) is 2.05. The van der Waals surface area contributed by atoms with Gasteiger partial charge in [-0.2, -0.15) is 0 Å². The van der Waals surface area contributed by atoms with E-state index in [-0.39, 0.29) is 16.8 Å². The average Bonchev–Trinajstić information content (AvgIpc) is 2.92. The molecule has 0 aliphatic carbocycles. The molecule has 1 aliphatic heterocycles. The summed E-state index contributed by atoms with van der Waals surface area (Å²) in [6.45, 7) is 4.18. The smallest absolute Gasteiger partial charge is 0.270 e. The second-order valence-corrected chi connectivity index (χ2v) is 7.18. The van der Waals surface area contributed by atoms with E-state index in [0.29, 0.717) is 18.9 Å². The SMILES string of the molecule is CC(C)c1ccc(CCNC(=O)CN2C(=O)c3ccc([N+](=O)[O-])cc3C2=O)cc1. The summed E-state index contributed by atoms with van der Waals surface area (Å²) in [7, 11) is 0. The van der Waals surface area contributed by atoms with Gasteiger partial charge in [0.2, 0.25) is 5.91 Å². The molecule has 2 aromatic carbocycles. The van der Waals surface area contributed by atoms with Gasteiger partial charge in [0.1, 0.15) is 6.54 Å². The summed E-state index contributed by atoms with van der Waals surface area (Å²) >= 11 is 0. The number of nitrogens with one attached hydrogen (secondary N) is 1. The second kappa shape index (κ2) is 8.22. The molecule has 29 heavy (non-hydrogen) atoms. The van der Waals surface area contributed by atoms with Crippen LogP contribution in [-0.2, 0) is 11.2 Å². The molecule has 0 saturated heterocycles. The molecule has 8 nitrogen and oxygen atoms in total. The van der Waals surface area contributed by atoms with Crippen molar-refractivity contribution in [3.05, 3.63) is 74.8 Å². The number of hydrogen-bond donors (Lipinski definition) is 1. The van der Waals surface area contributed by atoms with E-state index >= 15 is 0 Å². The Morgan fingerprint density at radius 2 is 1.72 bits per heavy atom. The Morgan fingerprint density at radius 3 is 2.34 bits per heavy atom. The van der Waals surface area contributed by atoms with Crippen molar-refractivity contribution in [2.24, 2.45) is 0 Å². The first-order chi connectivity index (χ1) is 13.8. The molecule has 1 heterocycles. The number of fused-ring (bicyclic) bond motifs is 1. The van der Waals surface area contributed by atoms with Crippen molar-refractivity contribution in [2.45, 2.75) is 26.2 Å². The highest BCUT2D eigenvalue weighted by molar-refractivity contribution is 6.22. The van der Waals surface area contributed by atoms with Crippen LogP contribution in [0, 0.1) is 10.1 Å². The molecule has 0 spiro atoms. The number of benzene rings is 2. The minimum Gasteiger partial charge on any atom is -0.354 e. The zero-order valence-corrected chi connectivity index (χ0v) is 16.2. The fraction of sp³-hybridized carbons (Fsp3) is 0.286. The number of carbonyl (C=O) groups excluding carboxylic acids is 3. The van der Waals surface area contributed by atoms with Gasteiger partial charge in [-0.05, 0) is 29.5 Å². The van der Waals surface area contributed by atoms with Gasteiger partial charge < -0.3 is 5.32 Å². The predicted molar refractivity (Wildman–Crippen MR) is 106 cm³/mol. The highest BCUT2D eigenvalue weighted by Crippen LogP contribution is 2.26. The van der Waals surface area contributed by atoms with Gasteiger partial charge >= 0.3 is 0 Å². The van der Waals surface area contributed by atoms with E-state index in [1.807, 2.05) is 12.1 Å². The van der Waals surface area contributed by atoms with Crippen molar-refractivity contribution in [3.8, 4) is 0 Å². The molecule has 1 aliphatic rings. The Kier molecular flexibility index (Phi) is 5.72. The molecule has 0 fully saturated rings. The third-order valence-corrected chi connectivity index (χ3v) is 4.85. The van der Waals surface area contributed by atoms with Gasteiger partial charge in [-0.15, -0.1) is 0 Å². The van der Waals surface area contributed by atoms with Crippen LogP contribution < -0.4 is 5.32 Å². The van der Waals surface area contributed by atoms with E-state index in [4.69, 9.17) is 0 Å². The fourth-order valence-electron chi connectivity index (χ4n) is 3.15. The largest absolute Gasteiger partial charge is 0.354 e. The standard InChI is InChI=1S/C21H21N3O5/c1-13(2)15-5-3-14(4-6-15)9-10-22-19(25)12-23-20(26)17-8-7-16(24(28)29)11-18(17)21(23)27/h3-8,11,13H,9-10,12H2,1-2H3,(H,22,25). The van der Waals surface area contributed by atoms with Crippen molar-refractivity contribution in [1.29, 1.82) is 0 Å². The lowest BCUT2D eigenvalue weighted by Crippen LogP contribution is -2.40. The van der Waals surface area contributed by atoms with Crippen LogP contribution in [0.4, 0.5) is 5.69 Å². The Morgan fingerprint density at radius 1 is 1.07 bits per heavy atom. The number of nitro benzene ring substituents is 1. The van der Waals surface area contributed by atoms with E-state index in [9.17, 15) is 24.5 Å². The fourth-order valence-corrected chi connectivity index (χ4v) is 3.15. The van der Waals surface area contributed by atoms with Crippen LogP contribution in [0.1, 0.15) is 51.6 Å². The molecule has 1 N–H and O–H groups in total. The summed E-state index contributed by atoms with van der Waals surface area (Å²) in [6.07, 6.45) is 0.623. The molecule has 3 rings (SSSR count). The molecular formula is C21H21N3O5. The summed E-state index contributed by atoms with van der Waals surface area (Å²) < 4.78 is 0. The minimum absolute atomic E-state index is 0.0535. The van der Waals surface area contributed by atoms with Crippen molar-refractivity contribution in [2.75, 3.05) is 13.1 Å². The highest BCUT2D eigenvalue weighted by atomic mass is 16.6. The minimum atomic E-state index is -0.701. The van der Waals surface area contributed by atoms with Crippen LogP contribution in [0.15, 0.2) is 42.5 Å². The van der Waals surface area contributed by atoms with Crippen LogP contribution >= 0.6 is 0 Å². The van der Waals surface area contributed by atoms with Gasteiger partial charge in [-0.25, -0.2) is 0 Å². The maximum absolute atomic E-state index is 12.4. The molecule has 0 aromatic heterocycles. The molecule has 0 bridgehead atoms. The Bertz CT molecular complexity index is 982. The average molecular weight is 395 g/mol. The number of rotatable bonds is 7. The lowest BCUT2D eigenvalue weighted by atomic mass is 10.0. The first kappa shape index (κ1) is 20.2. The zero-order chi connectivity index (χ0) is 21.1. The molecular weight excluding hydrogens is 374 g/mol. The number of amides is 3. The second-order valence-electron chi connectivity index (χ2n) is 7.18. The summed E-state index contributed by atoms with van der Waals surface area (Å²) in [4.78, 5) is 48.0. The van der Waals surface area contributed by atoms with Gasteiger partial charge in [0.15, 0.2) is 0 Å². The van der Waals surface area contributed by atoms with Gasteiger partial charge in [-0.1, -0.05) is 38.1 Å². The van der Waals surface area contributed by atoms with Gasteiger partial charge in [0.05, 0.1) is 16.1 Å². The highest BCUT2D eigenvalue weighted by Gasteiger charge is 2.37. The zero-order valence-electron chi connectivity index (χ0n) is 16.2. The topological polar surface area (TPSA) is 110 Å². The lowest BCUT2D eigenvalue weighted by Gasteiger charge is -2.13. The summed E-state index contributed by atoms with van der Waals surface area (Å²) in [5.74, 6) is -1.34. The third kappa shape index (κ3) is 4.31. The monoisotopic (exact) mass is 395 g/mol. The van der Waals surface area contributed by atoms with Gasteiger partial charge in [0.25, 0.3) is 17.5 Å². The van der Waals surface area contributed by atoms with Crippen molar-refractivity contribution < 1.29 is 19.3 Å². The number of nitrogens with zero attached hydrogens (tertiary/aromatic N) is 2. The van der Waals surface area contributed by atoms with Crippen LogP contribution in [0.25, 0.3) is 0 Å². The molecule has 0 radical (unpaired) electrons. The Balaban J connectivity index is 1.56. The maximum atomic E-state index is 12.4. The molecule has 2 aromatic rings. The summed E-state index contributed by atoms with van der Waals surface area (Å²) in [5, 5.41) is 13.6. The Hall–Kier alpha value is -3.55. The summed E-state index contributed by atoms with van der Waals surface area (Å²) in [6, 6.07) is 11.6. The molecule has 0 atom stereocenters. The number of non-ortho nitro benzene ring substituents is 1. The van der Waals surface area contributed by atoms with Crippen LogP contribution in [-0.4, -0.2) is 40.6 Å².